The first-order chi connectivity index (χ1) is 16.3. The molecule has 0 bridgehead atoms. The average molecular weight is 450 g/mol. The lowest BCUT2D eigenvalue weighted by Gasteiger charge is -2.36. The third-order valence-electron chi connectivity index (χ3n) is 6.37. The van der Waals surface area contributed by atoms with Crippen LogP contribution in [0.4, 0.5) is 5.69 Å². The number of hydrogen-bond acceptors (Lipinski definition) is 4. The molecule has 2 aliphatic heterocycles. The Morgan fingerprint density at radius 2 is 1.30 bits per heavy atom. The van der Waals surface area contributed by atoms with E-state index < -0.39 is 0 Å². The van der Waals surface area contributed by atoms with Crippen LogP contribution in [-0.4, -0.2) is 42.2 Å². The molecule has 1 fully saturated rings. The summed E-state index contributed by atoms with van der Waals surface area (Å²) in [6, 6.07) is 29.4. The summed E-state index contributed by atoms with van der Waals surface area (Å²) in [5, 5.41) is 5.49. The lowest BCUT2D eigenvalue weighted by atomic mass is 9.96. The van der Waals surface area contributed by atoms with Crippen molar-refractivity contribution in [2.24, 2.45) is 4.99 Å². The van der Waals surface area contributed by atoms with Crippen molar-refractivity contribution in [3.05, 3.63) is 95.4 Å². The van der Waals surface area contributed by atoms with Gasteiger partial charge in [-0.1, -0.05) is 66.7 Å². The SMILES string of the molecule is O=C1N=C(N2CCN(c3ccccc3)CC2)S/C1=C\c1c2ccccc2cc2ccccc12. The maximum atomic E-state index is 12.9. The summed E-state index contributed by atoms with van der Waals surface area (Å²) >= 11 is 1.50. The van der Waals surface area contributed by atoms with E-state index in [1.807, 2.05) is 12.1 Å². The van der Waals surface area contributed by atoms with E-state index >= 15 is 0 Å². The van der Waals surface area contributed by atoms with Crippen LogP contribution >= 0.6 is 11.8 Å². The van der Waals surface area contributed by atoms with Crippen molar-refractivity contribution < 1.29 is 4.79 Å². The van der Waals surface area contributed by atoms with E-state index in [0.717, 1.165) is 47.7 Å². The normalized spacial score (nSPS) is 17.9. The van der Waals surface area contributed by atoms with Crippen LogP contribution < -0.4 is 4.90 Å². The van der Waals surface area contributed by atoms with Crippen LogP contribution in [0.15, 0.2) is 94.8 Å². The summed E-state index contributed by atoms with van der Waals surface area (Å²) in [6.45, 7) is 3.56. The summed E-state index contributed by atoms with van der Waals surface area (Å²) in [6.07, 6.45) is 2.04. The predicted octanol–water partition coefficient (Wildman–Crippen LogP) is 5.79. The molecule has 0 radical (unpaired) electrons. The van der Waals surface area contributed by atoms with Gasteiger partial charge in [-0.2, -0.15) is 4.99 Å². The lowest BCUT2D eigenvalue weighted by Crippen LogP contribution is -2.47. The minimum atomic E-state index is -0.141. The fourth-order valence-electron chi connectivity index (χ4n) is 4.66. The van der Waals surface area contributed by atoms with Crippen LogP contribution in [0.5, 0.6) is 0 Å². The molecule has 1 amide bonds. The van der Waals surface area contributed by atoms with Crippen LogP contribution in [0.1, 0.15) is 5.56 Å². The molecule has 2 heterocycles. The smallest absolute Gasteiger partial charge is 0.286 e. The number of hydrogen-bond donors (Lipinski definition) is 0. The van der Waals surface area contributed by atoms with Gasteiger partial charge in [-0.05, 0) is 63.1 Å². The number of fused-ring (bicyclic) bond motifs is 2. The number of benzene rings is 4. The van der Waals surface area contributed by atoms with Crippen molar-refractivity contribution in [2.75, 3.05) is 31.1 Å². The second-order valence-corrected chi connectivity index (χ2v) is 9.36. The summed E-state index contributed by atoms with van der Waals surface area (Å²) in [5.41, 5.74) is 2.34. The highest BCUT2D eigenvalue weighted by atomic mass is 32.2. The maximum Gasteiger partial charge on any atom is 0.286 e. The highest BCUT2D eigenvalue weighted by Crippen LogP contribution is 2.35. The number of anilines is 1. The molecule has 0 N–H and O–H groups in total. The van der Waals surface area contributed by atoms with Crippen LogP contribution in [0.2, 0.25) is 0 Å². The maximum absolute atomic E-state index is 12.9. The van der Waals surface area contributed by atoms with E-state index in [1.54, 1.807) is 0 Å². The van der Waals surface area contributed by atoms with Crippen molar-refractivity contribution in [2.45, 2.75) is 0 Å². The van der Waals surface area contributed by atoms with Gasteiger partial charge >= 0.3 is 0 Å². The van der Waals surface area contributed by atoms with Crippen LogP contribution in [0, 0.1) is 0 Å². The van der Waals surface area contributed by atoms with E-state index in [2.05, 4.69) is 93.7 Å². The van der Waals surface area contributed by atoms with E-state index in [-0.39, 0.29) is 5.91 Å². The minimum Gasteiger partial charge on any atom is -0.368 e. The summed E-state index contributed by atoms with van der Waals surface area (Å²) < 4.78 is 0. The number of aliphatic imine (C=N–C) groups is 1. The Kier molecular flexibility index (Phi) is 5.11. The molecule has 162 valence electrons. The molecular weight excluding hydrogens is 426 g/mol. The topological polar surface area (TPSA) is 35.9 Å². The van der Waals surface area contributed by atoms with Crippen LogP contribution in [-0.2, 0) is 4.79 Å². The number of para-hydroxylation sites is 1. The number of carbonyl (C=O) groups is 1. The fraction of sp³-hybridized carbons (Fsp3) is 0.143. The minimum absolute atomic E-state index is 0.141. The Morgan fingerprint density at radius 1 is 0.727 bits per heavy atom. The molecule has 4 aromatic rings. The number of nitrogens with zero attached hydrogens (tertiary/aromatic N) is 3. The Hall–Kier alpha value is -3.57. The van der Waals surface area contributed by atoms with Gasteiger partial charge in [-0.15, -0.1) is 0 Å². The molecule has 4 aromatic carbocycles. The largest absolute Gasteiger partial charge is 0.368 e. The zero-order chi connectivity index (χ0) is 22.2. The van der Waals surface area contributed by atoms with E-state index in [4.69, 9.17) is 0 Å². The number of piperazine rings is 1. The zero-order valence-corrected chi connectivity index (χ0v) is 19.0. The molecule has 6 rings (SSSR count). The van der Waals surface area contributed by atoms with Gasteiger partial charge in [0.25, 0.3) is 5.91 Å². The Balaban J connectivity index is 1.27. The molecule has 1 saturated heterocycles. The summed E-state index contributed by atoms with van der Waals surface area (Å²) in [4.78, 5) is 22.6. The standard InChI is InChI=1S/C28H23N3OS/c32-27-26(19-25-23-12-6-4-8-20(23)18-21-9-5-7-13-24(21)25)33-28(29-27)31-16-14-30(15-17-31)22-10-2-1-3-11-22/h1-13,18-19H,14-17H2/b26-19-. The Labute approximate surface area is 197 Å². The van der Waals surface area contributed by atoms with Gasteiger partial charge in [-0.25, -0.2) is 0 Å². The van der Waals surface area contributed by atoms with Crippen molar-refractivity contribution in [1.82, 2.24) is 4.90 Å². The molecule has 0 unspecified atom stereocenters. The van der Waals surface area contributed by atoms with Gasteiger partial charge in [0.1, 0.15) is 0 Å². The van der Waals surface area contributed by atoms with E-state index in [0.29, 0.717) is 4.91 Å². The first-order valence-corrected chi connectivity index (χ1v) is 12.1. The third kappa shape index (κ3) is 3.79. The van der Waals surface area contributed by atoms with E-state index in [1.165, 1.54) is 28.2 Å². The van der Waals surface area contributed by atoms with Gasteiger partial charge in [-0.3, -0.25) is 4.79 Å². The van der Waals surface area contributed by atoms with Gasteiger partial charge in [0.05, 0.1) is 4.91 Å². The monoisotopic (exact) mass is 449 g/mol. The lowest BCUT2D eigenvalue weighted by molar-refractivity contribution is -0.113. The molecule has 0 atom stereocenters. The number of rotatable bonds is 2. The molecule has 5 heteroatoms. The Morgan fingerprint density at radius 3 is 1.97 bits per heavy atom. The summed E-state index contributed by atoms with van der Waals surface area (Å²) in [7, 11) is 0. The quantitative estimate of drug-likeness (QED) is 0.287. The number of carbonyl (C=O) groups excluding carboxylic acids is 1. The van der Waals surface area contributed by atoms with Gasteiger partial charge in [0.2, 0.25) is 0 Å². The van der Waals surface area contributed by atoms with Gasteiger partial charge < -0.3 is 9.80 Å². The third-order valence-corrected chi connectivity index (χ3v) is 7.41. The number of amides is 1. The predicted molar refractivity (Wildman–Crippen MR) is 140 cm³/mol. The molecule has 0 aliphatic carbocycles. The van der Waals surface area contributed by atoms with Crippen LogP contribution in [0.3, 0.4) is 0 Å². The summed E-state index contributed by atoms with van der Waals surface area (Å²) in [5.74, 6) is -0.141. The Bertz CT molecular complexity index is 1370. The molecule has 2 aliphatic rings. The molecular formula is C28H23N3OS. The number of thioether (sulfide) groups is 1. The van der Waals surface area contributed by atoms with Crippen molar-refractivity contribution in [3.63, 3.8) is 0 Å². The zero-order valence-electron chi connectivity index (χ0n) is 18.1. The molecule has 4 nitrogen and oxygen atoms in total. The number of amidine groups is 1. The molecule has 33 heavy (non-hydrogen) atoms. The van der Waals surface area contributed by atoms with Gasteiger partial charge in [0, 0.05) is 31.9 Å². The average Bonchev–Trinajstić information content (AvgIpc) is 3.24. The van der Waals surface area contributed by atoms with Crippen molar-refractivity contribution in [3.8, 4) is 0 Å². The fourth-order valence-corrected chi connectivity index (χ4v) is 5.61. The molecule has 0 aromatic heterocycles. The van der Waals surface area contributed by atoms with E-state index in [9.17, 15) is 4.79 Å². The van der Waals surface area contributed by atoms with Crippen molar-refractivity contribution in [1.29, 1.82) is 0 Å². The first-order valence-electron chi connectivity index (χ1n) is 11.2. The highest BCUT2D eigenvalue weighted by molar-refractivity contribution is 8.18. The second-order valence-electron chi connectivity index (χ2n) is 8.35. The van der Waals surface area contributed by atoms with Crippen LogP contribution in [0.25, 0.3) is 27.6 Å². The van der Waals surface area contributed by atoms with Crippen molar-refractivity contribution >= 4 is 56.1 Å². The van der Waals surface area contributed by atoms with Gasteiger partial charge in [0.15, 0.2) is 5.17 Å². The molecule has 0 spiro atoms. The molecule has 0 saturated carbocycles. The highest BCUT2D eigenvalue weighted by Gasteiger charge is 2.28. The first kappa shape index (κ1) is 20.1. The second kappa shape index (κ2) is 8.41.